The molecular weight excluding hydrogens is 250 g/mol. The van der Waals surface area contributed by atoms with Crippen molar-refractivity contribution in [1.82, 2.24) is 5.32 Å². The number of rotatable bonds is 5. The van der Waals surface area contributed by atoms with Gasteiger partial charge in [0.25, 0.3) is 0 Å². The molecule has 0 unspecified atom stereocenters. The van der Waals surface area contributed by atoms with Crippen molar-refractivity contribution in [1.29, 1.82) is 0 Å². The van der Waals surface area contributed by atoms with Crippen LogP contribution in [-0.2, 0) is 11.2 Å². The molecule has 1 aromatic rings. The number of hydrogen-bond donors (Lipinski definition) is 2. The molecule has 20 heavy (non-hydrogen) atoms. The van der Waals surface area contributed by atoms with Crippen LogP contribution < -0.4 is 5.32 Å². The van der Waals surface area contributed by atoms with Crippen LogP contribution in [0.4, 0.5) is 0 Å². The minimum Gasteiger partial charge on any atom is -0.394 e. The number of aryl methyl sites for hydroxylation is 2. The molecule has 0 saturated heterocycles. The van der Waals surface area contributed by atoms with Gasteiger partial charge in [0.2, 0.25) is 5.91 Å². The van der Waals surface area contributed by atoms with Gasteiger partial charge >= 0.3 is 0 Å². The van der Waals surface area contributed by atoms with Gasteiger partial charge in [-0.15, -0.1) is 0 Å². The monoisotopic (exact) mass is 275 g/mol. The Kier molecular flexibility index (Phi) is 5.18. The minimum absolute atomic E-state index is 0.0586. The van der Waals surface area contributed by atoms with E-state index in [0.29, 0.717) is 6.42 Å². The summed E-state index contributed by atoms with van der Waals surface area (Å²) in [7, 11) is 0. The Morgan fingerprint density at radius 3 is 2.60 bits per heavy atom. The number of carbonyl (C=O) groups is 1. The minimum atomic E-state index is -0.360. The average Bonchev–Trinajstić information content (AvgIpc) is 2.47. The van der Waals surface area contributed by atoms with Crippen molar-refractivity contribution >= 4 is 5.91 Å². The summed E-state index contributed by atoms with van der Waals surface area (Å²) in [6, 6.07) is 8.17. The molecule has 2 N–H and O–H groups in total. The first-order chi connectivity index (χ1) is 9.65. The molecule has 0 atom stereocenters. The fourth-order valence-corrected chi connectivity index (χ4v) is 3.05. The lowest BCUT2D eigenvalue weighted by Gasteiger charge is -2.36. The number of benzene rings is 1. The molecule has 110 valence electrons. The molecule has 1 aromatic carbocycles. The van der Waals surface area contributed by atoms with Gasteiger partial charge in [0, 0.05) is 6.42 Å². The van der Waals surface area contributed by atoms with Crippen LogP contribution in [0, 0.1) is 6.92 Å². The molecule has 1 amide bonds. The summed E-state index contributed by atoms with van der Waals surface area (Å²) in [5.41, 5.74) is 2.10. The van der Waals surface area contributed by atoms with E-state index in [4.69, 9.17) is 0 Å². The zero-order chi connectivity index (χ0) is 14.4. The Bertz CT molecular complexity index is 450. The number of amides is 1. The number of aliphatic hydroxyl groups excluding tert-OH is 1. The van der Waals surface area contributed by atoms with Gasteiger partial charge in [0.1, 0.15) is 0 Å². The Morgan fingerprint density at radius 2 is 1.95 bits per heavy atom. The summed E-state index contributed by atoms with van der Waals surface area (Å²) in [4.78, 5) is 12.1. The van der Waals surface area contributed by atoms with Gasteiger partial charge in [0.05, 0.1) is 12.1 Å². The maximum atomic E-state index is 12.1. The molecule has 1 aliphatic rings. The molecule has 0 aliphatic heterocycles. The Morgan fingerprint density at radius 1 is 1.25 bits per heavy atom. The molecule has 2 rings (SSSR count). The second kappa shape index (κ2) is 6.89. The molecule has 1 saturated carbocycles. The molecule has 3 nitrogen and oxygen atoms in total. The van der Waals surface area contributed by atoms with Crippen LogP contribution in [-0.4, -0.2) is 23.2 Å². The van der Waals surface area contributed by atoms with Gasteiger partial charge in [-0.1, -0.05) is 43.5 Å². The number of carbonyl (C=O) groups excluding carboxylic acids is 1. The highest BCUT2D eigenvalue weighted by Crippen LogP contribution is 2.27. The van der Waals surface area contributed by atoms with Crippen molar-refractivity contribution in [2.75, 3.05) is 6.61 Å². The lowest BCUT2D eigenvalue weighted by atomic mass is 9.82. The highest BCUT2D eigenvalue weighted by atomic mass is 16.3. The summed E-state index contributed by atoms with van der Waals surface area (Å²) in [5.74, 6) is 0.0594. The largest absolute Gasteiger partial charge is 0.394 e. The van der Waals surface area contributed by atoms with E-state index in [1.807, 2.05) is 12.1 Å². The van der Waals surface area contributed by atoms with Crippen molar-refractivity contribution in [3.05, 3.63) is 35.4 Å². The zero-order valence-corrected chi connectivity index (χ0v) is 12.3. The second-order valence-electron chi connectivity index (χ2n) is 5.97. The quantitative estimate of drug-likeness (QED) is 0.868. The van der Waals surface area contributed by atoms with Gasteiger partial charge < -0.3 is 10.4 Å². The fourth-order valence-electron chi connectivity index (χ4n) is 3.05. The molecule has 0 spiro atoms. The third-order valence-electron chi connectivity index (χ3n) is 4.40. The SMILES string of the molecule is Cc1ccccc1CCC(=O)NC1(CO)CCCCC1. The normalized spacial score (nSPS) is 17.7. The fraction of sp³-hybridized carbons (Fsp3) is 0.588. The number of nitrogens with one attached hydrogen (secondary N) is 1. The van der Waals surface area contributed by atoms with Crippen molar-refractivity contribution in [2.45, 2.75) is 57.4 Å². The first-order valence-electron chi connectivity index (χ1n) is 7.62. The molecule has 0 aromatic heterocycles. The third-order valence-corrected chi connectivity index (χ3v) is 4.40. The number of aliphatic hydroxyl groups is 1. The van der Waals surface area contributed by atoms with Crippen LogP contribution in [0.5, 0.6) is 0 Å². The molecule has 0 radical (unpaired) electrons. The summed E-state index contributed by atoms with van der Waals surface area (Å²) in [5, 5.41) is 12.7. The third kappa shape index (κ3) is 3.83. The predicted octanol–water partition coefficient (Wildman–Crippen LogP) is 2.74. The van der Waals surface area contributed by atoms with Crippen LogP contribution in [0.3, 0.4) is 0 Å². The van der Waals surface area contributed by atoms with Crippen molar-refractivity contribution < 1.29 is 9.90 Å². The predicted molar refractivity (Wildman–Crippen MR) is 80.5 cm³/mol. The van der Waals surface area contributed by atoms with E-state index in [0.717, 1.165) is 32.1 Å². The van der Waals surface area contributed by atoms with E-state index in [1.165, 1.54) is 17.5 Å². The molecule has 0 heterocycles. The average molecular weight is 275 g/mol. The van der Waals surface area contributed by atoms with Gasteiger partial charge in [-0.2, -0.15) is 0 Å². The van der Waals surface area contributed by atoms with E-state index in [9.17, 15) is 9.90 Å². The smallest absolute Gasteiger partial charge is 0.220 e. The van der Waals surface area contributed by atoms with Gasteiger partial charge in [-0.3, -0.25) is 4.79 Å². The molecule has 3 heteroatoms. The summed E-state index contributed by atoms with van der Waals surface area (Å²) in [6.07, 6.45) is 6.46. The van der Waals surface area contributed by atoms with Crippen molar-refractivity contribution in [3.63, 3.8) is 0 Å². The highest BCUT2D eigenvalue weighted by Gasteiger charge is 2.32. The maximum absolute atomic E-state index is 12.1. The maximum Gasteiger partial charge on any atom is 0.220 e. The molecular formula is C17H25NO2. The van der Waals surface area contributed by atoms with E-state index in [2.05, 4.69) is 24.4 Å². The zero-order valence-electron chi connectivity index (χ0n) is 12.3. The Balaban J connectivity index is 1.87. The Hall–Kier alpha value is -1.35. The van der Waals surface area contributed by atoms with Gasteiger partial charge in [-0.25, -0.2) is 0 Å². The summed E-state index contributed by atoms with van der Waals surface area (Å²) < 4.78 is 0. The van der Waals surface area contributed by atoms with Crippen LogP contribution in [0.15, 0.2) is 24.3 Å². The van der Waals surface area contributed by atoms with E-state index >= 15 is 0 Å². The Labute approximate surface area is 121 Å². The van der Waals surface area contributed by atoms with Crippen molar-refractivity contribution in [2.24, 2.45) is 0 Å². The second-order valence-corrected chi connectivity index (χ2v) is 5.97. The standard InChI is InChI=1S/C17H25NO2/c1-14-7-3-4-8-15(14)9-10-16(20)18-17(13-19)11-5-2-6-12-17/h3-4,7-8,19H,2,5-6,9-13H2,1H3,(H,18,20). The lowest BCUT2D eigenvalue weighted by Crippen LogP contribution is -2.52. The van der Waals surface area contributed by atoms with Crippen LogP contribution in [0.1, 0.15) is 49.7 Å². The highest BCUT2D eigenvalue weighted by molar-refractivity contribution is 5.77. The molecule has 1 aliphatic carbocycles. The lowest BCUT2D eigenvalue weighted by molar-refractivity contribution is -0.124. The molecule has 1 fully saturated rings. The van der Waals surface area contributed by atoms with Crippen LogP contribution >= 0.6 is 0 Å². The molecule has 0 bridgehead atoms. The van der Waals surface area contributed by atoms with Crippen LogP contribution in [0.25, 0.3) is 0 Å². The first-order valence-corrected chi connectivity index (χ1v) is 7.62. The van der Waals surface area contributed by atoms with E-state index in [1.54, 1.807) is 0 Å². The summed E-state index contributed by atoms with van der Waals surface area (Å²) >= 11 is 0. The van der Waals surface area contributed by atoms with E-state index < -0.39 is 0 Å². The van der Waals surface area contributed by atoms with Crippen LogP contribution in [0.2, 0.25) is 0 Å². The van der Waals surface area contributed by atoms with E-state index in [-0.39, 0.29) is 18.1 Å². The topological polar surface area (TPSA) is 49.3 Å². The van der Waals surface area contributed by atoms with Crippen molar-refractivity contribution in [3.8, 4) is 0 Å². The summed E-state index contributed by atoms with van der Waals surface area (Å²) in [6.45, 7) is 2.13. The van der Waals surface area contributed by atoms with Gasteiger partial charge in [0.15, 0.2) is 0 Å². The first kappa shape index (κ1) is 15.0. The van der Waals surface area contributed by atoms with Gasteiger partial charge in [-0.05, 0) is 37.3 Å². The number of hydrogen-bond acceptors (Lipinski definition) is 2.